The zero-order chi connectivity index (χ0) is 14.4. The summed E-state index contributed by atoms with van der Waals surface area (Å²) in [5.41, 5.74) is 1.48. The van der Waals surface area contributed by atoms with Crippen molar-refractivity contribution in [3.63, 3.8) is 0 Å². The molecule has 0 saturated carbocycles. The average Bonchev–Trinajstić information content (AvgIpc) is 2.39. The zero-order valence-corrected chi connectivity index (χ0v) is 12.2. The summed E-state index contributed by atoms with van der Waals surface area (Å²) in [4.78, 5) is 0. The fourth-order valence-electron chi connectivity index (χ4n) is 1.87. The Kier molecular flexibility index (Phi) is 5.70. The van der Waals surface area contributed by atoms with Gasteiger partial charge in [-0.05, 0) is 20.8 Å². The van der Waals surface area contributed by atoms with Gasteiger partial charge in [-0.15, -0.1) is 0 Å². The fourth-order valence-corrected chi connectivity index (χ4v) is 1.87. The van der Waals surface area contributed by atoms with Crippen LogP contribution >= 0.6 is 0 Å². The van der Waals surface area contributed by atoms with Gasteiger partial charge in [-0.25, -0.2) is 0 Å². The molecule has 19 heavy (non-hydrogen) atoms. The van der Waals surface area contributed by atoms with Gasteiger partial charge in [-0.1, -0.05) is 12.2 Å². The van der Waals surface area contributed by atoms with Crippen LogP contribution in [0.25, 0.3) is 6.08 Å². The Hall–Kier alpha value is -1.68. The monoisotopic (exact) mass is 266 g/mol. The van der Waals surface area contributed by atoms with Crippen LogP contribution in [0, 0.1) is 0 Å². The van der Waals surface area contributed by atoms with E-state index in [-0.39, 0.29) is 12.7 Å². The number of allylic oxidation sites excluding steroid dienone is 1. The lowest BCUT2D eigenvalue weighted by Gasteiger charge is -2.20. The highest BCUT2D eigenvalue weighted by Gasteiger charge is 2.19. The van der Waals surface area contributed by atoms with Crippen LogP contribution in [0.1, 0.15) is 31.9 Å². The first-order valence-electron chi connectivity index (χ1n) is 6.27. The molecule has 1 aromatic rings. The largest absolute Gasteiger partial charge is 0.496 e. The topological polar surface area (TPSA) is 47.9 Å². The van der Waals surface area contributed by atoms with Gasteiger partial charge < -0.3 is 19.3 Å². The third-order valence-electron chi connectivity index (χ3n) is 2.64. The van der Waals surface area contributed by atoms with Crippen LogP contribution in [0.2, 0.25) is 0 Å². The lowest BCUT2D eigenvalue weighted by atomic mass is 10.0. The van der Waals surface area contributed by atoms with Crippen molar-refractivity contribution in [2.24, 2.45) is 0 Å². The first-order chi connectivity index (χ1) is 9.08. The van der Waals surface area contributed by atoms with Crippen LogP contribution in [0.4, 0.5) is 0 Å². The van der Waals surface area contributed by atoms with E-state index >= 15 is 0 Å². The highest BCUT2D eigenvalue weighted by Crippen LogP contribution is 2.41. The number of benzene rings is 1. The third kappa shape index (κ3) is 3.41. The molecule has 0 heterocycles. The molecule has 0 aromatic heterocycles. The van der Waals surface area contributed by atoms with Crippen LogP contribution in [0.5, 0.6) is 17.2 Å². The van der Waals surface area contributed by atoms with Crippen molar-refractivity contribution in [1.29, 1.82) is 0 Å². The summed E-state index contributed by atoms with van der Waals surface area (Å²) in [6, 6.07) is 1.73. The lowest BCUT2D eigenvalue weighted by molar-refractivity contribution is 0.226. The predicted molar refractivity (Wildman–Crippen MR) is 75.9 cm³/mol. The van der Waals surface area contributed by atoms with E-state index in [0.717, 1.165) is 5.56 Å². The van der Waals surface area contributed by atoms with Crippen molar-refractivity contribution in [3.8, 4) is 17.2 Å². The lowest BCUT2D eigenvalue weighted by Crippen LogP contribution is -2.10. The summed E-state index contributed by atoms with van der Waals surface area (Å²) in [5, 5.41) is 9.57. The Morgan fingerprint density at radius 1 is 1.21 bits per heavy atom. The molecule has 0 aliphatic heterocycles. The van der Waals surface area contributed by atoms with Gasteiger partial charge in [0.25, 0.3) is 0 Å². The number of rotatable bonds is 6. The van der Waals surface area contributed by atoms with E-state index in [0.29, 0.717) is 22.8 Å². The summed E-state index contributed by atoms with van der Waals surface area (Å²) in [7, 11) is 3.15. The zero-order valence-electron chi connectivity index (χ0n) is 12.2. The van der Waals surface area contributed by atoms with E-state index in [9.17, 15) is 5.11 Å². The number of aliphatic hydroxyl groups excluding tert-OH is 1. The van der Waals surface area contributed by atoms with E-state index in [1.54, 1.807) is 20.3 Å². The van der Waals surface area contributed by atoms with Crippen LogP contribution in [0.3, 0.4) is 0 Å². The molecule has 0 fully saturated rings. The molecule has 106 valence electrons. The standard InChI is InChI=1S/C15H22O4/c1-6-7-11-12(9-16)13(17-4)8-14(18-5)15(11)19-10(2)3/h6-8,10,16H,9H2,1-5H3/b7-6-. The van der Waals surface area contributed by atoms with Crippen LogP contribution < -0.4 is 14.2 Å². The maximum absolute atomic E-state index is 9.57. The Bertz CT molecular complexity index is 450. The summed E-state index contributed by atoms with van der Waals surface area (Å²) in [6.45, 7) is 5.68. The van der Waals surface area contributed by atoms with E-state index in [2.05, 4.69) is 0 Å². The summed E-state index contributed by atoms with van der Waals surface area (Å²) in [6.07, 6.45) is 3.78. The number of hydrogen-bond donors (Lipinski definition) is 1. The molecule has 1 rings (SSSR count). The predicted octanol–water partition coefficient (Wildman–Crippen LogP) is 3.02. The smallest absolute Gasteiger partial charge is 0.169 e. The van der Waals surface area contributed by atoms with Gasteiger partial charge in [-0.3, -0.25) is 0 Å². The Morgan fingerprint density at radius 3 is 2.26 bits per heavy atom. The Labute approximate surface area is 114 Å². The first kappa shape index (κ1) is 15.4. The second-order valence-corrected chi connectivity index (χ2v) is 4.33. The summed E-state index contributed by atoms with van der Waals surface area (Å²) in [5.74, 6) is 1.81. The average molecular weight is 266 g/mol. The SMILES string of the molecule is C/C=C\c1c(CO)c(OC)cc(OC)c1OC(C)C. The maximum Gasteiger partial charge on any atom is 0.169 e. The minimum atomic E-state index is -0.124. The van der Waals surface area contributed by atoms with Crippen LogP contribution in [0.15, 0.2) is 12.1 Å². The van der Waals surface area contributed by atoms with Crippen molar-refractivity contribution >= 4 is 6.08 Å². The molecule has 1 N–H and O–H groups in total. The van der Waals surface area contributed by atoms with E-state index < -0.39 is 0 Å². The fraction of sp³-hybridized carbons (Fsp3) is 0.467. The number of ether oxygens (including phenoxy) is 3. The third-order valence-corrected chi connectivity index (χ3v) is 2.64. The minimum Gasteiger partial charge on any atom is -0.496 e. The molecule has 0 unspecified atom stereocenters. The van der Waals surface area contributed by atoms with E-state index in [4.69, 9.17) is 14.2 Å². The van der Waals surface area contributed by atoms with Crippen molar-refractivity contribution in [1.82, 2.24) is 0 Å². The highest BCUT2D eigenvalue weighted by atomic mass is 16.5. The molecule has 4 nitrogen and oxygen atoms in total. The molecular weight excluding hydrogens is 244 g/mol. The van der Waals surface area contributed by atoms with Crippen molar-refractivity contribution in [3.05, 3.63) is 23.3 Å². The molecule has 0 aliphatic carbocycles. The summed E-state index contributed by atoms with van der Waals surface area (Å²) < 4.78 is 16.5. The molecule has 0 bridgehead atoms. The Balaban J connectivity index is 3.55. The summed E-state index contributed by atoms with van der Waals surface area (Å²) >= 11 is 0. The highest BCUT2D eigenvalue weighted by molar-refractivity contribution is 5.69. The first-order valence-corrected chi connectivity index (χ1v) is 6.27. The van der Waals surface area contributed by atoms with Gasteiger partial charge in [0.05, 0.1) is 26.9 Å². The second kappa shape index (κ2) is 7.04. The molecule has 4 heteroatoms. The second-order valence-electron chi connectivity index (χ2n) is 4.33. The molecule has 0 spiro atoms. The van der Waals surface area contributed by atoms with Gasteiger partial charge in [0, 0.05) is 17.2 Å². The molecule has 0 amide bonds. The number of aliphatic hydroxyl groups is 1. The van der Waals surface area contributed by atoms with E-state index in [1.807, 2.05) is 32.9 Å². The quantitative estimate of drug-likeness (QED) is 0.859. The Morgan fingerprint density at radius 2 is 1.84 bits per heavy atom. The molecule has 0 radical (unpaired) electrons. The van der Waals surface area contributed by atoms with Gasteiger partial charge in [-0.2, -0.15) is 0 Å². The molecular formula is C15H22O4. The van der Waals surface area contributed by atoms with Crippen molar-refractivity contribution < 1.29 is 19.3 Å². The van der Waals surface area contributed by atoms with Gasteiger partial charge in [0.2, 0.25) is 0 Å². The molecule has 0 atom stereocenters. The van der Waals surface area contributed by atoms with Gasteiger partial charge in [0.15, 0.2) is 11.5 Å². The maximum atomic E-state index is 9.57. The van der Waals surface area contributed by atoms with Crippen LogP contribution in [-0.4, -0.2) is 25.4 Å². The molecule has 1 aromatic carbocycles. The number of hydrogen-bond acceptors (Lipinski definition) is 4. The minimum absolute atomic E-state index is 0.0119. The van der Waals surface area contributed by atoms with Gasteiger partial charge in [0.1, 0.15) is 5.75 Å². The van der Waals surface area contributed by atoms with Crippen molar-refractivity contribution in [2.45, 2.75) is 33.5 Å². The molecule has 0 aliphatic rings. The van der Waals surface area contributed by atoms with Gasteiger partial charge >= 0.3 is 0 Å². The van der Waals surface area contributed by atoms with Crippen LogP contribution in [-0.2, 0) is 6.61 Å². The normalized spacial score (nSPS) is 11.1. The molecule has 0 saturated heterocycles. The van der Waals surface area contributed by atoms with Crippen molar-refractivity contribution in [2.75, 3.05) is 14.2 Å². The number of methoxy groups -OCH3 is 2. The van der Waals surface area contributed by atoms with E-state index in [1.165, 1.54) is 0 Å².